The molecule has 0 atom stereocenters. The number of rotatable bonds is 8. The molecule has 1 heterocycles. The Hall–Kier alpha value is -4.40. The Balaban J connectivity index is 1.59. The molecule has 0 aliphatic heterocycles. The highest BCUT2D eigenvalue weighted by atomic mass is 16.6. The third kappa shape index (κ3) is 4.68. The average Bonchev–Trinajstić information content (AvgIpc) is 3.19. The van der Waals surface area contributed by atoms with Gasteiger partial charge in [0, 0.05) is 23.7 Å². The molecule has 0 unspecified atom stereocenters. The molecule has 34 heavy (non-hydrogen) atoms. The Morgan fingerprint density at radius 2 is 1.76 bits per heavy atom. The molecule has 0 N–H and O–H groups in total. The van der Waals surface area contributed by atoms with Crippen molar-refractivity contribution in [1.82, 2.24) is 19.8 Å². The van der Waals surface area contributed by atoms with Gasteiger partial charge in [0.05, 0.1) is 12.8 Å². The Bertz CT molecular complexity index is 1390. The van der Waals surface area contributed by atoms with Crippen LogP contribution in [0.2, 0.25) is 0 Å². The van der Waals surface area contributed by atoms with E-state index >= 15 is 0 Å². The molecule has 4 aromatic rings. The molecule has 3 aromatic carbocycles. The third-order valence-corrected chi connectivity index (χ3v) is 5.30. The summed E-state index contributed by atoms with van der Waals surface area (Å²) in [5, 5.41) is 12.0. The van der Waals surface area contributed by atoms with E-state index in [1.54, 1.807) is 14.2 Å². The maximum atomic E-state index is 12.3. The molecule has 0 spiro atoms. The second kappa shape index (κ2) is 10.0. The number of hydrogen-bond acceptors (Lipinski definition) is 7. The molecular weight excluding hydrogens is 434 g/mol. The zero-order valence-corrected chi connectivity index (χ0v) is 19.4. The van der Waals surface area contributed by atoms with Crippen LogP contribution < -0.4 is 15.2 Å². The van der Waals surface area contributed by atoms with Crippen molar-refractivity contribution in [1.29, 1.82) is 0 Å². The van der Waals surface area contributed by atoms with Crippen molar-refractivity contribution in [2.75, 3.05) is 14.2 Å². The van der Waals surface area contributed by atoms with Gasteiger partial charge in [-0.05, 0) is 59.3 Å². The number of benzene rings is 3. The Kier molecular flexibility index (Phi) is 6.72. The zero-order valence-electron chi connectivity index (χ0n) is 19.4. The summed E-state index contributed by atoms with van der Waals surface area (Å²) in [6.07, 6.45) is 0. The van der Waals surface area contributed by atoms with E-state index in [1.165, 1.54) is 16.5 Å². The molecule has 0 saturated heterocycles. The van der Waals surface area contributed by atoms with Crippen LogP contribution >= 0.6 is 0 Å². The van der Waals surface area contributed by atoms with Gasteiger partial charge in [-0.2, -0.15) is 9.36 Å². The number of tetrazole rings is 1. The molecule has 4 rings (SSSR count). The lowest BCUT2D eigenvalue weighted by Crippen LogP contribution is -2.23. The van der Waals surface area contributed by atoms with Gasteiger partial charge < -0.3 is 14.3 Å². The first-order valence-electron chi connectivity index (χ1n) is 10.6. The minimum atomic E-state index is -0.324. The first-order valence-corrected chi connectivity index (χ1v) is 10.6. The van der Waals surface area contributed by atoms with E-state index in [2.05, 4.69) is 15.6 Å². The number of aromatic nitrogens is 4. The maximum absolute atomic E-state index is 12.3. The number of para-hydroxylation sites is 1. The van der Waals surface area contributed by atoms with Gasteiger partial charge in [-0.15, -0.1) is 0 Å². The highest BCUT2D eigenvalue weighted by molar-refractivity contribution is 6.13. The van der Waals surface area contributed by atoms with E-state index in [9.17, 15) is 4.79 Å². The second-order valence-electron chi connectivity index (χ2n) is 7.55. The van der Waals surface area contributed by atoms with Crippen LogP contribution in [0.1, 0.15) is 22.3 Å². The molecule has 0 saturated carbocycles. The number of aryl methyl sites for hydroxylation is 2. The molecule has 0 aliphatic carbocycles. The lowest BCUT2D eigenvalue weighted by molar-refractivity contribution is 0.214. The molecule has 0 fully saturated rings. The first kappa shape index (κ1) is 22.8. The van der Waals surface area contributed by atoms with Crippen molar-refractivity contribution in [3.05, 3.63) is 99.5 Å². The van der Waals surface area contributed by atoms with Crippen LogP contribution in [0.5, 0.6) is 11.5 Å². The minimum Gasteiger partial charge on any atom is -0.497 e. The van der Waals surface area contributed by atoms with Crippen LogP contribution in [-0.4, -0.2) is 39.7 Å². The van der Waals surface area contributed by atoms with Gasteiger partial charge in [0.1, 0.15) is 30.9 Å². The molecule has 9 nitrogen and oxygen atoms in total. The molecule has 0 aliphatic rings. The summed E-state index contributed by atoms with van der Waals surface area (Å²) in [4.78, 5) is 17.4. The highest BCUT2D eigenvalue weighted by Gasteiger charge is 2.14. The molecule has 174 valence electrons. The number of hydrogen-bond donors (Lipinski definition) is 0. The van der Waals surface area contributed by atoms with Crippen molar-refractivity contribution in [2.24, 2.45) is 12.2 Å². The van der Waals surface area contributed by atoms with E-state index in [4.69, 9.17) is 14.3 Å². The summed E-state index contributed by atoms with van der Waals surface area (Å²) < 4.78 is 13.9. The number of methoxy groups -OCH3 is 1. The summed E-state index contributed by atoms with van der Waals surface area (Å²) in [6.45, 7) is 2.22. The number of oxime groups is 1. The molecule has 1 aromatic heterocycles. The van der Waals surface area contributed by atoms with Crippen LogP contribution in [0.4, 0.5) is 0 Å². The summed E-state index contributed by atoms with van der Waals surface area (Å²) >= 11 is 0. The van der Waals surface area contributed by atoms with Crippen molar-refractivity contribution >= 4 is 5.71 Å². The standard InChI is InChI=1S/C25H25N5O4/c1-17-14-19(24(26-33-4)18-9-7-10-21(15-18)32-3)12-13-23(17)34-16-20-8-5-6-11-22(20)30-25(31)29(2)27-28-30/h5-15H,16H2,1-4H3/b26-24-. The Morgan fingerprint density at radius 1 is 0.971 bits per heavy atom. The largest absolute Gasteiger partial charge is 0.497 e. The van der Waals surface area contributed by atoms with Crippen molar-refractivity contribution in [3.8, 4) is 17.2 Å². The Labute approximate surface area is 196 Å². The van der Waals surface area contributed by atoms with E-state index in [-0.39, 0.29) is 12.3 Å². The number of ether oxygens (including phenoxy) is 2. The van der Waals surface area contributed by atoms with Crippen LogP contribution in [0.25, 0.3) is 5.69 Å². The molecule has 0 amide bonds. The topological polar surface area (TPSA) is 92.8 Å². The van der Waals surface area contributed by atoms with Crippen LogP contribution in [0.3, 0.4) is 0 Å². The lowest BCUT2D eigenvalue weighted by atomic mass is 10.00. The summed E-state index contributed by atoms with van der Waals surface area (Å²) in [5.74, 6) is 1.45. The highest BCUT2D eigenvalue weighted by Crippen LogP contribution is 2.24. The van der Waals surface area contributed by atoms with E-state index in [0.29, 0.717) is 17.1 Å². The predicted molar refractivity (Wildman–Crippen MR) is 128 cm³/mol. The number of nitrogens with zero attached hydrogens (tertiary/aromatic N) is 5. The van der Waals surface area contributed by atoms with Gasteiger partial charge in [0.15, 0.2) is 0 Å². The summed E-state index contributed by atoms with van der Waals surface area (Å²) in [7, 11) is 4.70. The lowest BCUT2D eigenvalue weighted by Gasteiger charge is -2.14. The fraction of sp³-hybridized carbons (Fsp3) is 0.200. The minimum absolute atomic E-state index is 0.258. The van der Waals surface area contributed by atoms with Crippen LogP contribution in [0.15, 0.2) is 76.7 Å². The van der Waals surface area contributed by atoms with Crippen molar-refractivity contribution < 1.29 is 14.3 Å². The zero-order chi connectivity index (χ0) is 24.1. The second-order valence-corrected chi connectivity index (χ2v) is 7.55. The Morgan fingerprint density at radius 3 is 2.47 bits per heavy atom. The SMILES string of the molecule is CO/N=C(/c1cccc(OC)c1)c1ccc(OCc2ccccc2-n2nnn(C)c2=O)c(C)c1. The quantitative estimate of drug-likeness (QED) is 0.297. The first-order chi connectivity index (χ1) is 16.5. The van der Waals surface area contributed by atoms with E-state index in [0.717, 1.165) is 28.0 Å². The normalized spacial score (nSPS) is 11.4. The van der Waals surface area contributed by atoms with Gasteiger partial charge in [0.25, 0.3) is 0 Å². The molecule has 0 radical (unpaired) electrons. The van der Waals surface area contributed by atoms with E-state index < -0.39 is 0 Å². The predicted octanol–water partition coefficient (Wildman–Crippen LogP) is 3.26. The maximum Gasteiger partial charge on any atom is 0.368 e. The van der Waals surface area contributed by atoms with Crippen LogP contribution in [0, 0.1) is 6.92 Å². The van der Waals surface area contributed by atoms with Gasteiger partial charge in [-0.3, -0.25) is 0 Å². The molecule has 0 bridgehead atoms. The summed E-state index contributed by atoms with van der Waals surface area (Å²) in [5.41, 5.74) is 4.48. The average molecular weight is 460 g/mol. The third-order valence-electron chi connectivity index (χ3n) is 5.30. The van der Waals surface area contributed by atoms with Gasteiger partial charge in [-0.25, -0.2) is 4.79 Å². The monoisotopic (exact) mass is 459 g/mol. The van der Waals surface area contributed by atoms with Gasteiger partial charge >= 0.3 is 5.69 Å². The van der Waals surface area contributed by atoms with E-state index in [1.807, 2.05) is 73.7 Å². The summed E-state index contributed by atoms with van der Waals surface area (Å²) in [6, 6.07) is 20.9. The van der Waals surface area contributed by atoms with Crippen LogP contribution in [-0.2, 0) is 18.5 Å². The molecule has 9 heteroatoms. The smallest absolute Gasteiger partial charge is 0.368 e. The fourth-order valence-corrected chi connectivity index (χ4v) is 3.55. The van der Waals surface area contributed by atoms with Crippen molar-refractivity contribution in [3.63, 3.8) is 0 Å². The molecular formula is C25H25N5O4. The van der Waals surface area contributed by atoms with Crippen molar-refractivity contribution in [2.45, 2.75) is 13.5 Å². The van der Waals surface area contributed by atoms with Gasteiger partial charge in [0.2, 0.25) is 0 Å². The fourth-order valence-electron chi connectivity index (χ4n) is 3.55. The van der Waals surface area contributed by atoms with Gasteiger partial charge in [-0.1, -0.05) is 35.5 Å².